The van der Waals surface area contributed by atoms with Crippen LogP contribution in [0.2, 0.25) is 0 Å². The molecular weight excluding hydrogens is 150 g/mol. The van der Waals surface area contributed by atoms with Crippen LogP contribution in [0.4, 0.5) is 0 Å². The van der Waals surface area contributed by atoms with Gasteiger partial charge in [0.1, 0.15) is 0 Å². The molecule has 2 aromatic rings. The first-order chi connectivity index (χ1) is 5.88. The molecule has 64 valence electrons. The van der Waals surface area contributed by atoms with E-state index in [-0.39, 0.29) is 0 Å². The summed E-state index contributed by atoms with van der Waals surface area (Å²) in [4.78, 5) is 4.02. The second-order valence-electron chi connectivity index (χ2n) is 2.29. The molecule has 3 heteroatoms. The van der Waals surface area contributed by atoms with E-state index in [4.69, 9.17) is 0 Å². The Morgan fingerprint density at radius 3 is 2.58 bits per heavy atom. The maximum Gasteiger partial charge on any atom is 0.0710 e. The maximum absolute atomic E-state index is 4.02. The fourth-order valence-electron chi connectivity index (χ4n) is 1.00. The predicted molar refractivity (Wildman–Crippen MR) is 50.0 cm³/mol. The molecule has 0 saturated heterocycles. The monoisotopic (exact) mass is 163 g/mol. The van der Waals surface area contributed by atoms with Crippen molar-refractivity contribution in [3.8, 4) is 0 Å². The molecular formula is C9H13N3. The highest BCUT2D eigenvalue weighted by molar-refractivity contribution is 5.79. The third kappa shape index (κ3) is 1.44. The average Bonchev–Trinajstić information content (AvgIpc) is 2.57. The van der Waals surface area contributed by atoms with Gasteiger partial charge in [-0.05, 0) is 12.5 Å². The second kappa shape index (κ2) is 3.85. The Hall–Kier alpha value is -1.38. The topological polar surface area (TPSA) is 41.6 Å². The quantitative estimate of drug-likeness (QED) is 0.647. The molecule has 0 aromatic carbocycles. The zero-order valence-corrected chi connectivity index (χ0v) is 7.63. The molecule has 0 aliphatic rings. The second-order valence-corrected chi connectivity index (χ2v) is 2.29. The predicted octanol–water partition coefficient (Wildman–Crippen LogP) is 2.29. The van der Waals surface area contributed by atoms with Crippen molar-refractivity contribution >= 4 is 10.9 Å². The summed E-state index contributed by atoms with van der Waals surface area (Å²) in [5, 5.41) is 7.86. The van der Waals surface area contributed by atoms with E-state index in [1.807, 2.05) is 27.0 Å². The molecule has 0 unspecified atom stereocenters. The lowest BCUT2D eigenvalue weighted by atomic mass is 10.2. The van der Waals surface area contributed by atoms with Crippen molar-refractivity contribution in [1.82, 2.24) is 15.2 Å². The number of hydrogen-bond acceptors (Lipinski definition) is 2. The first-order valence-corrected chi connectivity index (χ1v) is 4.11. The van der Waals surface area contributed by atoms with E-state index >= 15 is 0 Å². The summed E-state index contributed by atoms with van der Waals surface area (Å²) in [6.45, 7) is 6.01. The average molecular weight is 163 g/mol. The van der Waals surface area contributed by atoms with Crippen molar-refractivity contribution in [2.45, 2.75) is 20.8 Å². The summed E-state index contributed by atoms with van der Waals surface area (Å²) in [5.41, 5.74) is 2.21. The van der Waals surface area contributed by atoms with Crippen LogP contribution < -0.4 is 0 Å². The van der Waals surface area contributed by atoms with Gasteiger partial charge in [-0.25, -0.2) is 0 Å². The summed E-state index contributed by atoms with van der Waals surface area (Å²) in [6.07, 6.45) is 5.39. The SMILES string of the molecule is CC.Cc1cncc2cn[nH]c12. The minimum absolute atomic E-state index is 1.07. The zero-order chi connectivity index (χ0) is 8.97. The van der Waals surface area contributed by atoms with E-state index in [0.29, 0.717) is 0 Å². The lowest BCUT2D eigenvalue weighted by Gasteiger charge is -1.90. The molecule has 0 aliphatic heterocycles. The van der Waals surface area contributed by atoms with Gasteiger partial charge in [0.25, 0.3) is 0 Å². The third-order valence-electron chi connectivity index (χ3n) is 1.54. The molecule has 2 heterocycles. The highest BCUT2D eigenvalue weighted by Crippen LogP contribution is 2.11. The van der Waals surface area contributed by atoms with Crippen molar-refractivity contribution < 1.29 is 0 Å². The first kappa shape index (κ1) is 8.71. The Balaban J connectivity index is 0.000000336. The molecule has 0 amide bonds. The van der Waals surface area contributed by atoms with E-state index < -0.39 is 0 Å². The van der Waals surface area contributed by atoms with Crippen LogP contribution in [-0.4, -0.2) is 15.2 Å². The van der Waals surface area contributed by atoms with Gasteiger partial charge in [0.05, 0.1) is 11.7 Å². The fraction of sp³-hybridized carbons (Fsp3) is 0.333. The number of H-pyrrole nitrogens is 1. The zero-order valence-electron chi connectivity index (χ0n) is 7.63. The number of pyridine rings is 1. The van der Waals surface area contributed by atoms with Crippen LogP contribution in [0.25, 0.3) is 10.9 Å². The van der Waals surface area contributed by atoms with E-state index in [0.717, 1.165) is 16.5 Å². The Morgan fingerprint density at radius 2 is 1.92 bits per heavy atom. The van der Waals surface area contributed by atoms with Crippen molar-refractivity contribution in [2.24, 2.45) is 0 Å². The number of aryl methyl sites for hydroxylation is 1. The summed E-state index contributed by atoms with van der Waals surface area (Å²) in [6, 6.07) is 0. The number of nitrogens with zero attached hydrogens (tertiary/aromatic N) is 2. The molecule has 0 bridgehead atoms. The van der Waals surface area contributed by atoms with Crippen LogP contribution in [0.5, 0.6) is 0 Å². The molecule has 1 N–H and O–H groups in total. The number of aromatic amines is 1. The minimum atomic E-state index is 1.07. The molecule has 2 aromatic heterocycles. The Bertz CT molecular complexity index is 351. The van der Waals surface area contributed by atoms with E-state index in [2.05, 4.69) is 15.2 Å². The van der Waals surface area contributed by atoms with Crippen LogP contribution >= 0.6 is 0 Å². The normalized spacial score (nSPS) is 9.25. The van der Waals surface area contributed by atoms with Gasteiger partial charge in [0, 0.05) is 17.8 Å². The van der Waals surface area contributed by atoms with Crippen LogP contribution in [0.1, 0.15) is 19.4 Å². The molecule has 0 spiro atoms. The lowest BCUT2D eigenvalue weighted by Crippen LogP contribution is -1.77. The number of hydrogen-bond donors (Lipinski definition) is 1. The summed E-state index contributed by atoms with van der Waals surface area (Å²) in [5.74, 6) is 0. The first-order valence-electron chi connectivity index (χ1n) is 4.11. The number of rotatable bonds is 0. The van der Waals surface area contributed by atoms with Crippen LogP contribution in [-0.2, 0) is 0 Å². The minimum Gasteiger partial charge on any atom is -0.277 e. The largest absolute Gasteiger partial charge is 0.277 e. The molecule has 12 heavy (non-hydrogen) atoms. The van der Waals surface area contributed by atoms with Crippen LogP contribution in [0.15, 0.2) is 18.6 Å². The smallest absolute Gasteiger partial charge is 0.0710 e. The standard InChI is InChI=1S/C7H7N3.C2H6/c1-5-2-8-3-6-4-9-10-7(5)6;1-2/h2-4H,1H3,(H,9,10);1-2H3. The summed E-state index contributed by atoms with van der Waals surface area (Å²) >= 11 is 0. The number of aromatic nitrogens is 3. The Labute approximate surface area is 71.8 Å². The van der Waals surface area contributed by atoms with E-state index in [1.54, 1.807) is 12.4 Å². The van der Waals surface area contributed by atoms with E-state index in [1.165, 1.54) is 0 Å². The van der Waals surface area contributed by atoms with Crippen molar-refractivity contribution in [2.75, 3.05) is 0 Å². The van der Waals surface area contributed by atoms with Gasteiger partial charge < -0.3 is 0 Å². The molecule has 0 radical (unpaired) electrons. The maximum atomic E-state index is 4.02. The van der Waals surface area contributed by atoms with Crippen molar-refractivity contribution in [3.05, 3.63) is 24.2 Å². The Morgan fingerprint density at radius 1 is 1.17 bits per heavy atom. The molecule has 0 atom stereocenters. The van der Waals surface area contributed by atoms with Crippen molar-refractivity contribution in [1.29, 1.82) is 0 Å². The Kier molecular flexibility index (Phi) is 2.80. The number of fused-ring (bicyclic) bond motifs is 1. The van der Waals surface area contributed by atoms with Gasteiger partial charge in [0.2, 0.25) is 0 Å². The van der Waals surface area contributed by atoms with Crippen LogP contribution in [0, 0.1) is 6.92 Å². The van der Waals surface area contributed by atoms with Gasteiger partial charge in [-0.15, -0.1) is 0 Å². The van der Waals surface area contributed by atoms with Crippen molar-refractivity contribution in [3.63, 3.8) is 0 Å². The molecule has 0 fully saturated rings. The van der Waals surface area contributed by atoms with Gasteiger partial charge >= 0.3 is 0 Å². The molecule has 2 rings (SSSR count). The highest BCUT2D eigenvalue weighted by Gasteiger charge is 1.96. The van der Waals surface area contributed by atoms with Gasteiger partial charge in [-0.3, -0.25) is 10.1 Å². The molecule has 0 aliphatic carbocycles. The number of nitrogens with one attached hydrogen (secondary N) is 1. The summed E-state index contributed by atoms with van der Waals surface area (Å²) in [7, 11) is 0. The molecule has 0 saturated carbocycles. The van der Waals surface area contributed by atoms with Gasteiger partial charge in [-0.2, -0.15) is 5.10 Å². The molecule has 3 nitrogen and oxygen atoms in total. The van der Waals surface area contributed by atoms with E-state index in [9.17, 15) is 0 Å². The lowest BCUT2D eigenvalue weighted by molar-refractivity contribution is 1.11. The summed E-state index contributed by atoms with van der Waals surface area (Å²) < 4.78 is 0. The highest BCUT2D eigenvalue weighted by atomic mass is 15.1. The fourth-order valence-corrected chi connectivity index (χ4v) is 1.00. The van der Waals surface area contributed by atoms with Gasteiger partial charge in [-0.1, -0.05) is 13.8 Å². The van der Waals surface area contributed by atoms with Gasteiger partial charge in [0.15, 0.2) is 0 Å². The third-order valence-corrected chi connectivity index (χ3v) is 1.54. The van der Waals surface area contributed by atoms with Crippen LogP contribution in [0.3, 0.4) is 0 Å².